The molecule has 0 saturated carbocycles. The maximum Gasteiger partial charge on any atom is 0.330 e. The monoisotopic (exact) mass is 765 g/mol. The summed E-state index contributed by atoms with van der Waals surface area (Å²) in [5.41, 5.74) is 0. The predicted molar refractivity (Wildman–Crippen MR) is 211 cm³/mol. The van der Waals surface area contributed by atoms with E-state index in [4.69, 9.17) is 18.9 Å². The van der Waals surface area contributed by atoms with E-state index in [1.165, 1.54) is 13.2 Å². The molecule has 10 nitrogen and oxygen atoms in total. The molecule has 3 aliphatic heterocycles. The first-order chi connectivity index (χ1) is 25.6. The van der Waals surface area contributed by atoms with E-state index >= 15 is 0 Å². The molecule has 3 heterocycles. The summed E-state index contributed by atoms with van der Waals surface area (Å²) < 4.78 is 25.7. The zero-order valence-corrected chi connectivity index (χ0v) is 34.6. The van der Waals surface area contributed by atoms with Crippen LogP contribution in [0.4, 0.5) is 0 Å². The first-order valence-electron chi connectivity index (χ1n) is 21.1. The SMILES string of the molecule is CCC[C@H]1[C@@H]2C[C@@]3(CC[C@H](C)[C@H](C[C@@H](C)O)O3)O[C@H]1CC[C@@H](CC)/C=C/C=C/CC[C@@H](O)[C@@H](C)[C@@H](O)C[C@@H](OC)C[C@@H](O)[C@H](C)[C@H](O)[C@@H](C)/C=C/C(=O)O2. The van der Waals surface area contributed by atoms with Gasteiger partial charge >= 0.3 is 5.97 Å². The normalized spacial score (nSPS) is 43.8. The molecule has 0 radical (unpaired) electrons. The fourth-order valence-corrected chi connectivity index (χ4v) is 8.65. The van der Waals surface area contributed by atoms with Gasteiger partial charge in [-0.05, 0) is 83.0 Å². The largest absolute Gasteiger partial charge is 0.459 e. The summed E-state index contributed by atoms with van der Waals surface area (Å²) in [4.78, 5) is 13.6. The van der Waals surface area contributed by atoms with Crippen LogP contribution in [0.15, 0.2) is 36.5 Å². The van der Waals surface area contributed by atoms with Crippen LogP contribution in [0.3, 0.4) is 0 Å². The number of aliphatic hydroxyl groups is 5. The number of carbonyl (C=O) groups excluding carboxylic acids is 1. The second-order valence-corrected chi connectivity index (χ2v) is 17.1. The van der Waals surface area contributed by atoms with Crippen molar-refractivity contribution in [2.75, 3.05) is 7.11 Å². The lowest BCUT2D eigenvalue weighted by molar-refractivity contribution is -0.349. The zero-order valence-electron chi connectivity index (χ0n) is 34.6. The van der Waals surface area contributed by atoms with Gasteiger partial charge in [0.05, 0.1) is 48.8 Å². The van der Waals surface area contributed by atoms with E-state index in [1.54, 1.807) is 26.8 Å². The number of hydrogen-bond donors (Lipinski definition) is 5. The van der Waals surface area contributed by atoms with E-state index in [-0.39, 0.29) is 42.8 Å². The Morgan fingerprint density at radius 1 is 0.889 bits per heavy atom. The van der Waals surface area contributed by atoms with E-state index < -0.39 is 66.3 Å². The van der Waals surface area contributed by atoms with Crippen LogP contribution in [0, 0.1) is 35.5 Å². The molecule has 0 unspecified atom stereocenters. The van der Waals surface area contributed by atoms with Gasteiger partial charge in [-0.25, -0.2) is 4.79 Å². The Bertz CT molecular complexity index is 1170. The number of fused-ring (bicyclic) bond motifs is 2. The molecule has 2 saturated heterocycles. The van der Waals surface area contributed by atoms with Crippen molar-refractivity contribution in [3.8, 4) is 0 Å². The molecule has 1 spiro atoms. The first-order valence-corrected chi connectivity index (χ1v) is 21.1. The maximum absolute atomic E-state index is 13.6. The summed E-state index contributed by atoms with van der Waals surface area (Å²) in [6, 6.07) is 0. The van der Waals surface area contributed by atoms with E-state index in [0.717, 1.165) is 38.5 Å². The molecule has 312 valence electrons. The van der Waals surface area contributed by atoms with Gasteiger partial charge in [0.2, 0.25) is 0 Å². The predicted octanol–water partition coefficient (Wildman–Crippen LogP) is 6.80. The number of esters is 1. The van der Waals surface area contributed by atoms with Crippen LogP contribution in [0.1, 0.15) is 132 Å². The molecule has 0 amide bonds. The molecule has 0 aromatic rings. The standard InChI is InChI=1S/C44H76O10/c1-9-15-35-39-20-19-33(10-2)16-13-11-12-14-17-36(46)31(6)37(47)25-34(51-8)26-38(48)32(7)43(50)29(4)18-21-42(49)52-41(35)27-44(53-39)23-22-28(3)40(54-44)24-30(5)45/h11-13,16,18,21,28-41,43,45-48,50H,9-10,14-15,17,19-20,22-27H2,1-8H3/b12-11+,16-13+,21-18+/t28-,29-,30+,31+,32-,33-,34+,35+,36+,37-,38+,39-,40-,41-,43+,44-/m0/s1. The fraction of sp³-hybridized carbons (Fsp3) is 0.841. The lowest BCUT2D eigenvalue weighted by Crippen LogP contribution is -2.57. The van der Waals surface area contributed by atoms with Crippen LogP contribution in [0.2, 0.25) is 0 Å². The molecule has 5 N–H and O–H groups in total. The minimum Gasteiger partial charge on any atom is -0.459 e. The van der Waals surface area contributed by atoms with Gasteiger partial charge in [-0.3, -0.25) is 0 Å². The molecule has 0 aromatic heterocycles. The van der Waals surface area contributed by atoms with Crippen molar-refractivity contribution in [3.05, 3.63) is 36.5 Å². The van der Waals surface area contributed by atoms with Gasteiger partial charge in [0.25, 0.3) is 0 Å². The van der Waals surface area contributed by atoms with Gasteiger partial charge in [0.15, 0.2) is 5.79 Å². The van der Waals surface area contributed by atoms with E-state index in [1.807, 2.05) is 19.1 Å². The van der Waals surface area contributed by atoms with Crippen LogP contribution >= 0.6 is 0 Å². The van der Waals surface area contributed by atoms with Crippen LogP contribution in [0.5, 0.6) is 0 Å². The molecule has 2 fully saturated rings. The van der Waals surface area contributed by atoms with E-state index in [0.29, 0.717) is 38.0 Å². The van der Waals surface area contributed by atoms with Crippen LogP contribution in [-0.4, -0.2) is 99.3 Å². The van der Waals surface area contributed by atoms with Crippen LogP contribution in [-0.2, 0) is 23.7 Å². The van der Waals surface area contributed by atoms with E-state index in [2.05, 4.69) is 32.9 Å². The Kier molecular flexibility index (Phi) is 19.9. The minimum absolute atomic E-state index is 0.0182. The highest BCUT2D eigenvalue weighted by Crippen LogP contribution is 2.47. The van der Waals surface area contributed by atoms with Crippen molar-refractivity contribution < 1.29 is 49.3 Å². The summed E-state index contributed by atoms with van der Waals surface area (Å²) >= 11 is 0. The lowest BCUT2D eigenvalue weighted by Gasteiger charge is -2.52. The van der Waals surface area contributed by atoms with Crippen molar-refractivity contribution in [1.82, 2.24) is 0 Å². The number of ether oxygens (including phenoxy) is 4. The molecular formula is C44H76O10. The fourth-order valence-electron chi connectivity index (χ4n) is 8.65. The zero-order chi connectivity index (χ0) is 40.0. The van der Waals surface area contributed by atoms with Crippen molar-refractivity contribution in [3.63, 3.8) is 0 Å². The molecule has 0 aliphatic carbocycles. The number of allylic oxidation sites excluding steroid dienone is 4. The number of rotatable bonds is 6. The molecule has 3 rings (SSSR count). The van der Waals surface area contributed by atoms with Crippen molar-refractivity contribution in [1.29, 1.82) is 0 Å². The summed E-state index contributed by atoms with van der Waals surface area (Å²) in [5, 5.41) is 54.4. The Balaban J connectivity index is 1.93. The van der Waals surface area contributed by atoms with Gasteiger partial charge in [0.1, 0.15) is 6.10 Å². The van der Waals surface area contributed by atoms with E-state index in [9.17, 15) is 30.3 Å². The summed E-state index contributed by atoms with van der Waals surface area (Å²) in [6.07, 6.45) is 14.7. The van der Waals surface area contributed by atoms with Crippen LogP contribution in [0.25, 0.3) is 0 Å². The van der Waals surface area contributed by atoms with Gasteiger partial charge in [-0.2, -0.15) is 0 Å². The number of carbonyl (C=O) groups is 1. The Morgan fingerprint density at radius 3 is 2.24 bits per heavy atom. The third-order valence-corrected chi connectivity index (χ3v) is 12.7. The van der Waals surface area contributed by atoms with Gasteiger partial charge < -0.3 is 44.5 Å². The molecule has 0 aromatic carbocycles. The van der Waals surface area contributed by atoms with Crippen molar-refractivity contribution in [2.24, 2.45) is 35.5 Å². The summed E-state index contributed by atoms with van der Waals surface area (Å²) in [7, 11) is 1.53. The van der Waals surface area contributed by atoms with Crippen molar-refractivity contribution >= 4 is 5.97 Å². The topological polar surface area (TPSA) is 155 Å². The summed E-state index contributed by atoms with van der Waals surface area (Å²) in [5.74, 6) is -2.22. The third-order valence-electron chi connectivity index (χ3n) is 12.7. The first kappa shape index (κ1) is 46.8. The highest BCUT2D eigenvalue weighted by atomic mass is 16.7. The lowest BCUT2D eigenvalue weighted by atomic mass is 9.78. The average Bonchev–Trinajstić information content (AvgIpc) is 3.13. The second kappa shape index (κ2) is 22.9. The van der Waals surface area contributed by atoms with Crippen molar-refractivity contribution in [2.45, 2.75) is 193 Å². The third kappa shape index (κ3) is 14.1. The summed E-state index contributed by atoms with van der Waals surface area (Å²) in [6.45, 7) is 13.7. The number of hydrogen-bond acceptors (Lipinski definition) is 10. The molecular weight excluding hydrogens is 688 g/mol. The van der Waals surface area contributed by atoms with Gasteiger partial charge in [0, 0.05) is 49.7 Å². The highest BCUT2D eigenvalue weighted by Gasteiger charge is 2.52. The molecule has 10 heteroatoms. The van der Waals surface area contributed by atoms with Gasteiger partial charge in [-0.1, -0.05) is 78.3 Å². The quantitative estimate of drug-likeness (QED) is 0.183. The Hall–Kier alpha value is -1.63. The smallest absolute Gasteiger partial charge is 0.330 e. The molecule has 3 aliphatic rings. The number of methoxy groups -OCH3 is 1. The van der Waals surface area contributed by atoms with Gasteiger partial charge in [-0.15, -0.1) is 0 Å². The number of aliphatic hydroxyl groups excluding tert-OH is 5. The molecule has 54 heavy (non-hydrogen) atoms. The average molecular weight is 765 g/mol. The second-order valence-electron chi connectivity index (χ2n) is 17.1. The molecule has 2 bridgehead atoms. The molecule has 16 atom stereocenters. The minimum atomic E-state index is -0.952. The highest BCUT2D eigenvalue weighted by molar-refractivity contribution is 5.82. The Labute approximate surface area is 326 Å². The maximum atomic E-state index is 13.6. The Morgan fingerprint density at radius 2 is 1.59 bits per heavy atom. The van der Waals surface area contributed by atoms with Crippen LogP contribution < -0.4 is 0 Å².